The Labute approximate surface area is 219 Å². The quantitative estimate of drug-likeness (QED) is 0.294. The zero-order valence-electron chi connectivity index (χ0n) is 20.9. The number of nitrogens with one attached hydrogen (secondary N) is 3. The molecule has 1 aliphatic heterocycles. The van der Waals surface area contributed by atoms with Crippen LogP contribution < -0.4 is 39.6 Å². The summed E-state index contributed by atoms with van der Waals surface area (Å²) in [4.78, 5) is 10.2. The number of hydrogen-bond acceptors (Lipinski definition) is 11. The molecule has 4 rings (SSSR count). The SMILES string of the molecule is COc1cc(Nc2ncc(F)c(Nc3ccc(N4CCOCC4)cc3NS(N)(=O)=O)n2)cc(OC)c1OC. The summed E-state index contributed by atoms with van der Waals surface area (Å²) in [6.45, 7) is 2.37. The number of benzene rings is 2. The second-order valence-corrected chi connectivity index (χ2v) is 9.32. The van der Waals surface area contributed by atoms with E-state index >= 15 is 0 Å². The van der Waals surface area contributed by atoms with Crippen molar-refractivity contribution in [1.82, 2.24) is 9.97 Å². The van der Waals surface area contributed by atoms with Crippen LogP contribution in [0, 0.1) is 5.82 Å². The van der Waals surface area contributed by atoms with Crippen LogP contribution in [0.15, 0.2) is 36.5 Å². The molecule has 1 aromatic heterocycles. The van der Waals surface area contributed by atoms with E-state index in [2.05, 4.69) is 25.3 Å². The zero-order valence-corrected chi connectivity index (χ0v) is 21.8. The molecule has 0 aliphatic carbocycles. The fourth-order valence-corrected chi connectivity index (χ4v) is 4.30. The zero-order chi connectivity index (χ0) is 27.3. The van der Waals surface area contributed by atoms with E-state index in [-0.39, 0.29) is 23.1 Å². The minimum atomic E-state index is -4.12. The van der Waals surface area contributed by atoms with Crippen LogP contribution in [0.2, 0.25) is 0 Å². The fraction of sp³-hybridized carbons (Fsp3) is 0.304. The lowest BCUT2D eigenvalue weighted by atomic mass is 10.2. The summed E-state index contributed by atoms with van der Waals surface area (Å²) in [6, 6.07) is 8.26. The average molecular weight is 550 g/mol. The van der Waals surface area contributed by atoms with Gasteiger partial charge in [-0.15, -0.1) is 0 Å². The molecular weight excluding hydrogens is 521 g/mol. The average Bonchev–Trinajstić information content (AvgIpc) is 2.90. The highest BCUT2D eigenvalue weighted by Crippen LogP contribution is 2.40. The highest BCUT2D eigenvalue weighted by atomic mass is 32.2. The topological polar surface area (TPSA) is 162 Å². The van der Waals surface area contributed by atoms with Crippen molar-refractivity contribution in [2.75, 3.05) is 67.9 Å². The van der Waals surface area contributed by atoms with Crippen molar-refractivity contribution < 1.29 is 31.8 Å². The molecule has 1 fully saturated rings. The van der Waals surface area contributed by atoms with Crippen LogP contribution >= 0.6 is 0 Å². The van der Waals surface area contributed by atoms with E-state index in [4.69, 9.17) is 24.1 Å². The van der Waals surface area contributed by atoms with Crippen LogP contribution in [0.4, 0.5) is 38.9 Å². The highest BCUT2D eigenvalue weighted by molar-refractivity contribution is 7.90. The summed E-state index contributed by atoms with van der Waals surface area (Å²) in [5.74, 6) is 0.279. The number of methoxy groups -OCH3 is 3. The lowest BCUT2D eigenvalue weighted by Gasteiger charge is -2.29. The monoisotopic (exact) mass is 549 g/mol. The summed E-state index contributed by atoms with van der Waals surface area (Å²) < 4.78 is 62.0. The van der Waals surface area contributed by atoms with Gasteiger partial charge in [0.1, 0.15) is 0 Å². The largest absolute Gasteiger partial charge is 0.493 e. The molecule has 1 aliphatic rings. The number of anilines is 6. The standard InChI is InChI=1S/C23H28FN7O6S/c1-34-19-10-14(11-20(35-2)21(19)36-3)27-23-26-13-16(24)22(29-23)28-17-5-4-15(31-6-8-37-9-7-31)12-18(17)30-38(25,32)33/h4-5,10-13,30H,6-9H2,1-3H3,(H2,25,32,33)(H2,26,27,28,29). The van der Waals surface area contributed by atoms with E-state index < -0.39 is 16.0 Å². The van der Waals surface area contributed by atoms with Crippen LogP contribution in [-0.2, 0) is 14.9 Å². The molecule has 2 heterocycles. The van der Waals surface area contributed by atoms with Gasteiger partial charge in [0.05, 0.1) is 52.1 Å². The lowest BCUT2D eigenvalue weighted by Crippen LogP contribution is -2.36. The number of rotatable bonds is 10. The third-order valence-electron chi connectivity index (χ3n) is 5.55. The Morgan fingerprint density at radius 1 is 1.00 bits per heavy atom. The molecule has 1 saturated heterocycles. The van der Waals surface area contributed by atoms with E-state index in [1.165, 1.54) is 21.3 Å². The number of ether oxygens (including phenoxy) is 4. The third-order valence-corrected chi connectivity index (χ3v) is 6.05. The molecule has 204 valence electrons. The summed E-state index contributed by atoms with van der Waals surface area (Å²) in [5.41, 5.74) is 1.59. The summed E-state index contributed by atoms with van der Waals surface area (Å²) >= 11 is 0. The molecule has 0 bridgehead atoms. The Morgan fingerprint density at radius 2 is 1.68 bits per heavy atom. The molecule has 0 saturated carbocycles. The molecule has 13 nitrogen and oxygen atoms in total. The van der Waals surface area contributed by atoms with E-state index in [9.17, 15) is 12.8 Å². The van der Waals surface area contributed by atoms with E-state index in [0.717, 1.165) is 11.9 Å². The van der Waals surface area contributed by atoms with Crippen molar-refractivity contribution in [1.29, 1.82) is 0 Å². The van der Waals surface area contributed by atoms with Gasteiger partial charge >= 0.3 is 0 Å². The molecule has 0 spiro atoms. The van der Waals surface area contributed by atoms with Crippen molar-refractivity contribution in [3.05, 3.63) is 42.3 Å². The lowest BCUT2D eigenvalue weighted by molar-refractivity contribution is 0.122. The van der Waals surface area contributed by atoms with Gasteiger partial charge in [0.15, 0.2) is 23.1 Å². The molecule has 2 aromatic carbocycles. The van der Waals surface area contributed by atoms with Crippen LogP contribution in [0.1, 0.15) is 0 Å². The molecule has 15 heteroatoms. The first-order chi connectivity index (χ1) is 18.2. The van der Waals surface area contributed by atoms with Gasteiger partial charge < -0.3 is 34.5 Å². The van der Waals surface area contributed by atoms with Gasteiger partial charge in [-0.1, -0.05) is 0 Å². The number of hydrogen-bond donors (Lipinski definition) is 4. The van der Waals surface area contributed by atoms with E-state index in [1.807, 2.05) is 4.90 Å². The second-order valence-electron chi connectivity index (χ2n) is 8.03. The first kappa shape index (κ1) is 27.0. The number of halogens is 1. The van der Waals surface area contributed by atoms with Gasteiger partial charge in [0, 0.05) is 36.6 Å². The minimum Gasteiger partial charge on any atom is -0.493 e. The molecule has 0 radical (unpaired) electrons. The number of nitrogens with two attached hydrogens (primary N) is 1. The third kappa shape index (κ3) is 6.42. The van der Waals surface area contributed by atoms with Crippen molar-refractivity contribution >= 4 is 44.7 Å². The Bertz CT molecular complexity index is 1380. The Kier molecular flexibility index (Phi) is 8.19. The predicted octanol–water partition coefficient (Wildman–Crippen LogP) is 2.58. The van der Waals surface area contributed by atoms with Crippen molar-refractivity contribution in [2.24, 2.45) is 5.14 Å². The molecule has 3 aromatic rings. The summed E-state index contributed by atoms with van der Waals surface area (Å²) in [6.07, 6.45) is 0.977. The molecule has 0 amide bonds. The first-order valence-electron chi connectivity index (χ1n) is 11.3. The normalized spacial score (nSPS) is 13.6. The Balaban J connectivity index is 1.64. The van der Waals surface area contributed by atoms with Crippen LogP contribution in [0.3, 0.4) is 0 Å². The molecule has 0 atom stereocenters. The van der Waals surface area contributed by atoms with E-state index in [1.54, 1.807) is 30.3 Å². The van der Waals surface area contributed by atoms with Crippen molar-refractivity contribution in [3.8, 4) is 17.2 Å². The van der Waals surface area contributed by atoms with Gasteiger partial charge in [-0.05, 0) is 18.2 Å². The summed E-state index contributed by atoms with van der Waals surface area (Å²) in [5, 5.41) is 11.0. The van der Waals surface area contributed by atoms with Gasteiger partial charge in [-0.2, -0.15) is 13.4 Å². The van der Waals surface area contributed by atoms with Crippen LogP contribution in [0.5, 0.6) is 17.2 Å². The number of aromatic nitrogens is 2. The maximum Gasteiger partial charge on any atom is 0.296 e. The predicted molar refractivity (Wildman–Crippen MR) is 141 cm³/mol. The Hall–Kier alpha value is -4.08. The molecule has 0 unspecified atom stereocenters. The van der Waals surface area contributed by atoms with Crippen molar-refractivity contribution in [2.45, 2.75) is 0 Å². The van der Waals surface area contributed by atoms with Crippen LogP contribution in [0.25, 0.3) is 0 Å². The maximum absolute atomic E-state index is 14.7. The van der Waals surface area contributed by atoms with Gasteiger partial charge in [-0.25, -0.2) is 14.5 Å². The molecule has 5 N–H and O–H groups in total. The fourth-order valence-electron chi connectivity index (χ4n) is 3.82. The maximum atomic E-state index is 14.7. The minimum absolute atomic E-state index is 0.0501. The smallest absolute Gasteiger partial charge is 0.296 e. The summed E-state index contributed by atoms with van der Waals surface area (Å²) in [7, 11) is 0.326. The van der Waals surface area contributed by atoms with Gasteiger partial charge in [-0.3, -0.25) is 4.72 Å². The second kappa shape index (κ2) is 11.5. The Morgan fingerprint density at radius 3 is 2.29 bits per heavy atom. The number of morpholine rings is 1. The van der Waals surface area contributed by atoms with Crippen LogP contribution in [-0.4, -0.2) is 66.0 Å². The van der Waals surface area contributed by atoms with Gasteiger partial charge in [0.2, 0.25) is 11.7 Å². The molecule has 38 heavy (non-hydrogen) atoms. The van der Waals surface area contributed by atoms with Crippen molar-refractivity contribution in [3.63, 3.8) is 0 Å². The number of nitrogens with zero attached hydrogens (tertiary/aromatic N) is 3. The van der Waals surface area contributed by atoms with Gasteiger partial charge in [0.25, 0.3) is 10.2 Å². The highest BCUT2D eigenvalue weighted by Gasteiger charge is 2.18. The van der Waals surface area contributed by atoms with E-state index in [0.29, 0.717) is 49.2 Å². The molecular formula is C23H28FN7O6S. The first-order valence-corrected chi connectivity index (χ1v) is 12.9.